The largest absolute Gasteiger partial charge is 0.282 e. The molecule has 0 atom stereocenters. The fraction of sp³-hybridized carbons (Fsp3) is 0.0444. The highest BCUT2D eigenvalue weighted by Gasteiger charge is 2.17. The second-order valence-corrected chi connectivity index (χ2v) is 13.0. The molecular weight excluding hydrogens is 658 g/mol. The third-order valence-electron chi connectivity index (χ3n) is 9.72. The summed E-state index contributed by atoms with van der Waals surface area (Å²) in [6.45, 7) is 0.766. The van der Waals surface area contributed by atoms with Crippen molar-refractivity contribution in [1.82, 2.24) is 29.9 Å². The lowest BCUT2D eigenvalue weighted by atomic mass is 9.96. The average molecular weight is 686 g/mol. The van der Waals surface area contributed by atoms with Crippen LogP contribution in [-0.4, -0.2) is 36.4 Å². The monoisotopic (exact) mass is 685 g/mol. The van der Waals surface area contributed by atoms with Crippen molar-refractivity contribution < 1.29 is 4.39 Å². The number of pyridine rings is 3. The number of rotatable bonds is 5. The summed E-state index contributed by atoms with van der Waals surface area (Å²) in [5, 5.41) is 5.09. The molecule has 0 saturated carbocycles. The molecule has 0 fully saturated rings. The van der Waals surface area contributed by atoms with Gasteiger partial charge in [0, 0.05) is 58.0 Å². The van der Waals surface area contributed by atoms with Gasteiger partial charge in [0.05, 0.1) is 21.9 Å². The molecule has 0 radical (unpaired) electrons. The molecule has 8 heteroatoms. The van der Waals surface area contributed by atoms with Gasteiger partial charge in [0.15, 0.2) is 17.5 Å². The Morgan fingerprint density at radius 1 is 0.472 bits per heavy atom. The predicted molar refractivity (Wildman–Crippen MR) is 208 cm³/mol. The molecule has 9 aromatic rings. The van der Waals surface area contributed by atoms with Crippen molar-refractivity contribution in [2.45, 2.75) is 6.42 Å². The highest BCUT2D eigenvalue weighted by molar-refractivity contribution is 6.10. The number of aromatic nitrogens is 6. The molecule has 1 aliphatic heterocycles. The fourth-order valence-corrected chi connectivity index (χ4v) is 7.24. The molecule has 0 spiro atoms. The molecule has 53 heavy (non-hydrogen) atoms. The number of fused-ring (bicyclic) bond motifs is 6. The van der Waals surface area contributed by atoms with Crippen molar-refractivity contribution in [3.05, 3.63) is 156 Å². The highest BCUT2D eigenvalue weighted by atomic mass is 19.1. The molecule has 0 amide bonds. The summed E-state index contributed by atoms with van der Waals surface area (Å²) in [7, 11) is 0. The van der Waals surface area contributed by atoms with E-state index in [1.807, 2.05) is 48.7 Å². The van der Waals surface area contributed by atoms with Crippen LogP contribution in [0.15, 0.2) is 145 Å². The van der Waals surface area contributed by atoms with Crippen LogP contribution in [-0.2, 0) is 0 Å². The van der Waals surface area contributed by atoms with Crippen LogP contribution in [0, 0.1) is 5.82 Å². The minimum absolute atomic E-state index is 0.326. The van der Waals surface area contributed by atoms with Crippen LogP contribution in [0.2, 0.25) is 0 Å². The zero-order valence-electron chi connectivity index (χ0n) is 28.3. The molecule has 0 unspecified atom stereocenters. The normalized spacial score (nSPS) is 12.4. The maximum atomic E-state index is 14.1. The van der Waals surface area contributed by atoms with Crippen molar-refractivity contribution in [2.24, 2.45) is 4.99 Å². The molecule has 5 heterocycles. The Labute approximate surface area is 303 Å². The fourth-order valence-electron chi connectivity index (χ4n) is 7.24. The van der Waals surface area contributed by atoms with Gasteiger partial charge >= 0.3 is 0 Å². The molecule has 250 valence electrons. The first kappa shape index (κ1) is 30.7. The van der Waals surface area contributed by atoms with Crippen LogP contribution in [0.3, 0.4) is 0 Å². The Balaban J connectivity index is 1.14. The zero-order chi connectivity index (χ0) is 35.3. The van der Waals surface area contributed by atoms with Crippen LogP contribution in [0.25, 0.3) is 95.2 Å². The SMILES string of the molecule is Fc1ccc(-c2nc(-c3cccc(-c4cc5c(c6ncccc46)=NCCC=5)c3)nc(-c3cccc(-c4cc5cccnc5c5ncccc45)c3)n2)cc1. The minimum atomic E-state index is -0.326. The lowest BCUT2D eigenvalue weighted by molar-refractivity contribution is 0.628. The first-order valence-electron chi connectivity index (χ1n) is 17.4. The Morgan fingerprint density at radius 3 is 1.74 bits per heavy atom. The van der Waals surface area contributed by atoms with E-state index in [4.69, 9.17) is 29.9 Å². The number of hydrogen-bond acceptors (Lipinski definition) is 7. The number of hydrogen-bond donors (Lipinski definition) is 0. The smallest absolute Gasteiger partial charge is 0.164 e. The third kappa shape index (κ3) is 5.48. The molecule has 0 bridgehead atoms. The van der Waals surface area contributed by atoms with Crippen molar-refractivity contribution in [2.75, 3.05) is 6.54 Å². The van der Waals surface area contributed by atoms with E-state index in [1.54, 1.807) is 24.5 Å². The van der Waals surface area contributed by atoms with Gasteiger partial charge in [-0.3, -0.25) is 19.9 Å². The molecular formula is C45H28FN7. The van der Waals surface area contributed by atoms with E-state index in [9.17, 15) is 4.39 Å². The third-order valence-corrected chi connectivity index (χ3v) is 9.72. The summed E-state index contributed by atoms with van der Waals surface area (Å²) >= 11 is 0. The van der Waals surface area contributed by atoms with Gasteiger partial charge in [-0.15, -0.1) is 0 Å². The van der Waals surface area contributed by atoms with Gasteiger partial charge in [0.2, 0.25) is 0 Å². The summed E-state index contributed by atoms with van der Waals surface area (Å²) in [4.78, 5) is 33.9. The quantitative estimate of drug-likeness (QED) is 0.168. The maximum absolute atomic E-state index is 14.1. The van der Waals surface area contributed by atoms with Crippen LogP contribution in [0.1, 0.15) is 6.42 Å². The van der Waals surface area contributed by atoms with Gasteiger partial charge in [-0.05, 0) is 101 Å². The summed E-state index contributed by atoms with van der Waals surface area (Å²) < 4.78 is 14.1. The van der Waals surface area contributed by atoms with E-state index in [0.29, 0.717) is 23.0 Å². The number of halogens is 1. The molecule has 0 N–H and O–H groups in total. The Kier molecular flexibility index (Phi) is 7.32. The standard InChI is InChI=1S/C45H28FN7/c46-34-17-15-27(16-18-34)43-51-44(32-9-1-7-28(23-32)37-25-30-11-3-19-47-39(30)41-35(37)13-5-21-49-41)53-45(52-43)33-10-2-8-29(24-33)38-26-31-12-4-20-48-40(31)42-36(38)14-6-22-50-42/h1-3,5-19,21-26H,4,20H2. The van der Waals surface area contributed by atoms with E-state index >= 15 is 0 Å². The van der Waals surface area contributed by atoms with Gasteiger partial charge in [-0.25, -0.2) is 19.3 Å². The molecule has 10 rings (SSSR count). The summed E-state index contributed by atoms with van der Waals surface area (Å²) in [5.41, 5.74) is 9.06. The van der Waals surface area contributed by atoms with Crippen LogP contribution in [0.4, 0.5) is 4.39 Å². The molecule has 0 aliphatic carbocycles. The topological polar surface area (TPSA) is 89.7 Å². The van der Waals surface area contributed by atoms with Crippen molar-refractivity contribution >= 4 is 38.8 Å². The van der Waals surface area contributed by atoms with Crippen LogP contribution < -0.4 is 10.6 Å². The molecule has 4 aromatic heterocycles. The molecule has 0 saturated heterocycles. The van der Waals surface area contributed by atoms with Crippen molar-refractivity contribution in [3.63, 3.8) is 0 Å². The van der Waals surface area contributed by atoms with Gasteiger partial charge in [-0.2, -0.15) is 0 Å². The Hall–Kier alpha value is -7.06. The van der Waals surface area contributed by atoms with Gasteiger partial charge < -0.3 is 0 Å². The molecule has 1 aliphatic rings. The first-order chi connectivity index (χ1) is 26.2. The van der Waals surface area contributed by atoms with Crippen LogP contribution in [0.5, 0.6) is 0 Å². The van der Waals surface area contributed by atoms with E-state index in [0.717, 1.165) is 89.6 Å². The van der Waals surface area contributed by atoms with Gasteiger partial charge in [0.1, 0.15) is 5.82 Å². The van der Waals surface area contributed by atoms with Crippen molar-refractivity contribution in [1.29, 1.82) is 0 Å². The van der Waals surface area contributed by atoms with E-state index in [2.05, 4.69) is 65.7 Å². The lowest BCUT2D eigenvalue weighted by Gasteiger charge is -2.13. The second-order valence-electron chi connectivity index (χ2n) is 13.0. The van der Waals surface area contributed by atoms with Gasteiger partial charge in [0.25, 0.3) is 0 Å². The lowest BCUT2D eigenvalue weighted by Crippen LogP contribution is -2.29. The summed E-state index contributed by atoms with van der Waals surface area (Å²) in [6.07, 6.45) is 8.55. The molecule has 5 aromatic carbocycles. The van der Waals surface area contributed by atoms with Crippen molar-refractivity contribution in [3.8, 4) is 56.4 Å². The summed E-state index contributed by atoms with van der Waals surface area (Å²) in [5.74, 6) is 1.14. The van der Waals surface area contributed by atoms with E-state index in [1.165, 1.54) is 12.1 Å². The Morgan fingerprint density at radius 2 is 1.04 bits per heavy atom. The maximum Gasteiger partial charge on any atom is 0.164 e. The zero-order valence-corrected chi connectivity index (χ0v) is 28.3. The average Bonchev–Trinajstić information content (AvgIpc) is 3.23. The Bertz CT molecular complexity index is 3030. The first-order valence-corrected chi connectivity index (χ1v) is 17.4. The number of nitrogens with zero attached hydrogens (tertiary/aromatic N) is 7. The predicted octanol–water partition coefficient (Wildman–Crippen LogP) is 8.79. The molecule has 7 nitrogen and oxygen atoms in total. The van der Waals surface area contributed by atoms with Gasteiger partial charge in [-0.1, -0.05) is 60.7 Å². The van der Waals surface area contributed by atoms with Crippen LogP contribution >= 0.6 is 0 Å². The minimum Gasteiger partial charge on any atom is -0.282 e. The summed E-state index contributed by atoms with van der Waals surface area (Å²) in [6, 6.07) is 39.1. The van der Waals surface area contributed by atoms with E-state index < -0.39 is 0 Å². The number of benzene rings is 5. The van der Waals surface area contributed by atoms with E-state index in [-0.39, 0.29) is 5.82 Å². The highest BCUT2D eigenvalue weighted by Crippen LogP contribution is 2.35. The second kappa shape index (κ2) is 12.6.